The highest BCUT2D eigenvalue weighted by Crippen LogP contribution is 2.17. The summed E-state index contributed by atoms with van der Waals surface area (Å²) < 4.78 is 5.55. The first-order valence-corrected chi connectivity index (χ1v) is 5.94. The second-order valence-electron chi connectivity index (χ2n) is 3.65. The Labute approximate surface area is 112 Å². The average molecular weight is 268 g/mol. The predicted octanol–water partition coefficient (Wildman–Crippen LogP) is 2.19. The summed E-state index contributed by atoms with van der Waals surface area (Å²) in [7, 11) is 1.81. The number of allylic oxidation sites excluding steroid dienone is 1. The fourth-order valence-corrected chi connectivity index (χ4v) is 1.52. The Bertz CT molecular complexity index is 444. The van der Waals surface area contributed by atoms with Crippen LogP contribution in [0.2, 0.25) is 5.02 Å². The predicted molar refractivity (Wildman–Crippen MR) is 75.2 cm³/mol. The van der Waals surface area contributed by atoms with Gasteiger partial charge in [0.15, 0.2) is 0 Å². The Hall–Kier alpha value is -1.65. The Kier molecular flexibility index (Phi) is 6.11. The second-order valence-corrected chi connectivity index (χ2v) is 4.08. The molecule has 98 valence electrons. The molecule has 4 nitrogen and oxygen atoms in total. The Morgan fingerprint density at radius 2 is 2.28 bits per heavy atom. The highest BCUT2D eigenvalue weighted by molar-refractivity contribution is 6.30. The van der Waals surface area contributed by atoms with E-state index in [4.69, 9.17) is 22.2 Å². The van der Waals surface area contributed by atoms with Gasteiger partial charge in [0.05, 0.1) is 5.70 Å². The van der Waals surface area contributed by atoms with Crippen molar-refractivity contribution in [3.63, 3.8) is 0 Å². The molecule has 0 unspecified atom stereocenters. The molecule has 5 heteroatoms. The van der Waals surface area contributed by atoms with Gasteiger partial charge in [-0.3, -0.25) is 5.84 Å². The summed E-state index contributed by atoms with van der Waals surface area (Å²) in [6.07, 6.45) is 3.72. The van der Waals surface area contributed by atoms with E-state index >= 15 is 0 Å². The van der Waals surface area contributed by atoms with Gasteiger partial charge in [-0.2, -0.15) is 0 Å². The number of hydrogen-bond acceptors (Lipinski definition) is 4. The minimum Gasteiger partial charge on any atom is -0.489 e. The van der Waals surface area contributed by atoms with Crippen molar-refractivity contribution in [1.29, 1.82) is 0 Å². The molecular weight excluding hydrogens is 250 g/mol. The quantitative estimate of drug-likeness (QED) is 0.420. The first-order valence-electron chi connectivity index (χ1n) is 5.57. The van der Waals surface area contributed by atoms with Crippen molar-refractivity contribution in [3.05, 3.63) is 52.8 Å². The van der Waals surface area contributed by atoms with Crippen LogP contribution in [0.5, 0.6) is 5.75 Å². The van der Waals surface area contributed by atoms with E-state index in [1.807, 2.05) is 38.2 Å². The molecule has 1 rings (SSSR count). The van der Waals surface area contributed by atoms with Crippen LogP contribution in [0.1, 0.15) is 6.92 Å². The lowest BCUT2D eigenvalue weighted by Gasteiger charge is -2.08. The molecule has 0 aliphatic rings. The van der Waals surface area contributed by atoms with Gasteiger partial charge >= 0.3 is 0 Å². The van der Waals surface area contributed by atoms with Crippen molar-refractivity contribution in [2.45, 2.75) is 6.92 Å². The van der Waals surface area contributed by atoms with E-state index in [0.717, 1.165) is 17.0 Å². The van der Waals surface area contributed by atoms with E-state index in [2.05, 4.69) is 10.7 Å². The van der Waals surface area contributed by atoms with Gasteiger partial charge < -0.3 is 15.5 Å². The number of halogens is 1. The molecule has 0 aromatic heterocycles. The van der Waals surface area contributed by atoms with Crippen molar-refractivity contribution >= 4 is 11.6 Å². The topological polar surface area (TPSA) is 59.3 Å². The van der Waals surface area contributed by atoms with Crippen LogP contribution < -0.4 is 21.3 Å². The molecule has 4 N–H and O–H groups in total. The van der Waals surface area contributed by atoms with Crippen molar-refractivity contribution in [2.24, 2.45) is 5.84 Å². The SMILES string of the molecule is CN/C=C(NN)\C(C)=C/COc1cccc(Cl)c1. The van der Waals surface area contributed by atoms with Crippen LogP contribution in [0.25, 0.3) is 0 Å². The molecule has 0 spiro atoms. The van der Waals surface area contributed by atoms with Crippen LogP contribution in [0.4, 0.5) is 0 Å². The van der Waals surface area contributed by atoms with Crippen LogP contribution in [0.15, 0.2) is 47.8 Å². The number of hydrogen-bond donors (Lipinski definition) is 3. The van der Waals surface area contributed by atoms with Crippen LogP contribution in [0.3, 0.4) is 0 Å². The summed E-state index contributed by atoms with van der Waals surface area (Å²) in [4.78, 5) is 0. The monoisotopic (exact) mass is 267 g/mol. The first-order chi connectivity index (χ1) is 8.67. The van der Waals surface area contributed by atoms with E-state index < -0.39 is 0 Å². The molecule has 0 saturated carbocycles. The fraction of sp³-hybridized carbons (Fsp3) is 0.231. The van der Waals surface area contributed by atoms with Gasteiger partial charge in [0.25, 0.3) is 0 Å². The third kappa shape index (κ3) is 4.69. The average Bonchev–Trinajstić information content (AvgIpc) is 2.36. The third-order valence-corrected chi connectivity index (χ3v) is 2.54. The van der Waals surface area contributed by atoms with Crippen LogP contribution in [-0.4, -0.2) is 13.7 Å². The van der Waals surface area contributed by atoms with Crippen LogP contribution in [0, 0.1) is 0 Å². The van der Waals surface area contributed by atoms with E-state index in [0.29, 0.717) is 11.6 Å². The molecule has 0 aliphatic heterocycles. The molecule has 0 bridgehead atoms. The normalized spacial score (nSPS) is 12.2. The van der Waals surface area contributed by atoms with Gasteiger partial charge in [-0.1, -0.05) is 17.7 Å². The van der Waals surface area contributed by atoms with Crippen molar-refractivity contribution < 1.29 is 4.74 Å². The van der Waals surface area contributed by atoms with E-state index in [1.54, 1.807) is 12.3 Å². The summed E-state index contributed by atoms with van der Waals surface area (Å²) >= 11 is 5.86. The summed E-state index contributed by atoms with van der Waals surface area (Å²) in [6, 6.07) is 7.29. The molecule has 1 aromatic carbocycles. The van der Waals surface area contributed by atoms with Gasteiger partial charge in [-0.25, -0.2) is 0 Å². The number of nitrogens with one attached hydrogen (secondary N) is 2. The van der Waals surface area contributed by atoms with Gasteiger partial charge in [0.2, 0.25) is 0 Å². The molecule has 0 radical (unpaired) electrons. The van der Waals surface area contributed by atoms with E-state index in [-0.39, 0.29) is 0 Å². The zero-order valence-corrected chi connectivity index (χ0v) is 11.3. The van der Waals surface area contributed by atoms with Gasteiger partial charge in [0.1, 0.15) is 12.4 Å². The lowest BCUT2D eigenvalue weighted by atomic mass is 10.2. The highest BCUT2D eigenvalue weighted by Gasteiger charge is 1.97. The molecular formula is C13H18ClN3O. The summed E-state index contributed by atoms with van der Waals surface area (Å²) in [5.74, 6) is 6.15. The number of nitrogens with two attached hydrogens (primary N) is 1. The zero-order chi connectivity index (χ0) is 13.4. The molecule has 0 atom stereocenters. The van der Waals surface area contributed by atoms with Gasteiger partial charge in [-0.15, -0.1) is 0 Å². The van der Waals surface area contributed by atoms with Gasteiger partial charge in [0, 0.05) is 18.3 Å². The zero-order valence-electron chi connectivity index (χ0n) is 10.5. The maximum atomic E-state index is 5.86. The summed E-state index contributed by atoms with van der Waals surface area (Å²) in [5, 5.41) is 3.57. The lowest BCUT2D eigenvalue weighted by Crippen LogP contribution is -2.23. The number of benzene rings is 1. The Morgan fingerprint density at radius 1 is 1.50 bits per heavy atom. The number of hydrazine groups is 1. The minimum absolute atomic E-state index is 0.453. The number of ether oxygens (including phenoxy) is 1. The highest BCUT2D eigenvalue weighted by atomic mass is 35.5. The lowest BCUT2D eigenvalue weighted by molar-refractivity contribution is 0.362. The van der Waals surface area contributed by atoms with Crippen molar-refractivity contribution in [1.82, 2.24) is 10.7 Å². The third-order valence-electron chi connectivity index (χ3n) is 2.30. The molecule has 0 amide bonds. The largest absolute Gasteiger partial charge is 0.489 e. The van der Waals surface area contributed by atoms with Crippen molar-refractivity contribution in [2.75, 3.05) is 13.7 Å². The van der Waals surface area contributed by atoms with Crippen molar-refractivity contribution in [3.8, 4) is 5.75 Å². The fourth-order valence-electron chi connectivity index (χ4n) is 1.34. The minimum atomic E-state index is 0.453. The molecule has 0 heterocycles. The Balaban J connectivity index is 2.56. The van der Waals surface area contributed by atoms with Gasteiger partial charge in [-0.05, 0) is 36.8 Å². The Morgan fingerprint density at radius 3 is 2.89 bits per heavy atom. The number of rotatable bonds is 6. The maximum absolute atomic E-state index is 5.86. The molecule has 18 heavy (non-hydrogen) atoms. The summed E-state index contributed by atoms with van der Waals surface area (Å²) in [5.41, 5.74) is 4.42. The second kappa shape index (κ2) is 7.63. The van der Waals surface area contributed by atoms with Crippen LogP contribution >= 0.6 is 11.6 Å². The van der Waals surface area contributed by atoms with E-state index in [1.165, 1.54) is 0 Å². The molecule has 1 aromatic rings. The molecule has 0 fully saturated rings. The first kappa shape index (κ1) is 14.4. The standard InChI is InChI=1S/C13H18ClN3O/c1-10(13(17-15)9-16-2)6-7-18-12-5-3-4-11(14)8-12/h3-6,8-9,16-17H,7,15H2,1-2H3/b10-6-,13-9+. The molecule has 0 saturated heterocycles. The summed E-state index contributed by atoms with van der Waals surface area (Å²) in [6.45, 7) is 2.40. The van der Waals surface area contributed by atoms with Crippen LogP contribution in [-0.2, 0) is 0 Å². The van der Waals surface area contributed by atoms with E-state index in [9.17, 15) is 0 Å². The smallest absolute Gasteiger partial charge is 0.121 e. The molecule has 0 aliphatic carbocycles. The maximum Gasteiger partial charge on any atom is 0.121 e.